The lowest BCUT2D eigenvalue weighted by atomic mass is 9.80. The largest absolute Gasteiger partial charge is 0.369 e. The fourth-order valence-corrected chi connectivity index (χ4v) is 3.60. The summed E-state index contributed by atoms with van der Waals surface area (Å²) in [5.74, 6) is 0.992. The van der Waals surface area contributed by atoms with Gasteiger partial charge in [-0.2, -0.15) is 0 Å². The third kappa shape index (κ3) is 3.12. The van der Waals surface area contributed by atoms with Gasteiger partial charge in [0, 0.05) is 25.2 Å². The molecular formula is C18H23NO. The van der Waals surface area contributed by atoms with Crippen LogP contribution in [0.2, 0.25) is 0 Å². The van der Waals surface area contributed by atoms with E-state index >= 15 is 0 Å². The lowest BCUT2D eigenvalue weighted by Crippen LogP contribution is -2.41. The molecule has 2 nitrogen and oxygen atoms in total. The van der Waals surface area contributed by atoms with Crippen molar-refractivity contribution in [2.24, 2.45) is 5.92 Å². The number of hydrogen-bond donors (Lipinski definition) is 0. The van der Waals surface area contributed by atoms with Crippen molar-refractivity contribution in [3.05, 3.63) is 48.2 Å². The highest BCUT2D eigenvalue weighted by molar-refractivity contribution is 5.90. The van der Waals surface area contributed by atoms with Crippen LogP contribution in [-0.2, 0) is 11.3 Å². The first-order chi connectivity index (χ1) is 9.83. The normalized spacial score (nSPS) is 24.1. The Labute approximate surface area is 121 Å². The van der Waals surface area contributed by atoms with E-state index in [4.69, 9.17) is 0 Å². The van der Waals surface area contributed by atoms with Crippen LogP contribution >= 0.6 is 0 Å². The van der Waals surface area contributed by atoms with Gasteiger partial charge in [-0.1, -0.05) is 49.6 Å². The minimum absolute atomic E-state index is 0.296. The second-order valence-electron chi connectivity index (χ2n) is 6.11. The smallest absolute Gasteiger partial charge is 0.159 e. The molecule has 1 aliphatic carbocycles. The summed E-state index contributed by atoms with van der Waals surface area (Å²) in [6, 6.07) is 11.0. The first-order valence-electron chi connectivity index (χ1n) is 7.83. The van der Waals surface area contributed by atoms with E-state index in [0.29, 0.717) is 24.2 Å². The van der Waals surface area contributed by atoms with Gasteiger partial charge in [-0.05, 0) is 30.4 Å². The van der Waals surface area contributed by atoms with Gasteiger partial charge in [-0.25, -0.2) is 0 Å². The highest BCUT2D eigenvalue weighted by atomic mass is 16.1. The maximum atomic E-state index is 11.8. The minimum atomic E-state index is 0.296. The second kappa shape index (κ2) is 6.25. The number of carbonyl (C=O) groups is 1. The number of ketones is 1. The van der Waals surface area contributed by atoms with Crippen molar-refractivity contribution in [1.29, 1.82) is 0 Å². The van der Waals surface area contributed by atoms with Crippen LogP contribution in [0.3, 0.4) is 0 Å². The van der Waals surface area contributed by atoms with Crippen molar-refractivity contribution in [3.8, 4) is 0 Å². The predicted octanol–water partition coefficient (Wildman–Crippen LogP) is 3.92. The van der Waals surface area contributed by atoms with Gasteiger partial charge >= 0.3 is 0 Å². The topological polar surface area (TPSA) is 20.3 Å². The molecule has 1 atom stereocenters. The number of rotatable bonds is 3. The van der Waals surface area contributed by atoms with Crippen molar-refractivity contribution in [2.75, 3.05) is 0 Å². The van der Waals surface area contributed by atoms with E-state index in [9.17, 15) is 4.79 Å². The van der Waals surface area contributed by atoms with Crippen LogP contribution in [-0.4, -0.2) is 16.7 Å². The monoisotopic (exact) mass is 269 g/mol. The van der Waals surface area contributed by atoms with Crippen LogP contribution in [0.1, 0.15) is 44.1 Å². The molecule has 0 amide bonds. The molecule has 0 bridgehead atoms. The first kappa shape index (κ1) is 13.4. The zero-order chi connectivity index (χ0) is 13.8. The van der Waals surface area contributed by atoms with Gasteiger partial charge < -0.3 is 4.90 Å². The number of allylic oxidation sites excluding steroid dienone is 1. The van der Waals surface area contributed by atoms with Gasteiger partial charge in [0.25, 0.3) is 0 Å². The molecule has 0 unspecified atom stereocenters. The molecule has 2 heteroatoms. The quantitative estimate of drug-likeness (QED) is 0.829. The summed E-state index contributed by atoms with van der Waals surface area (Å²) in [7, 11) is 0. The summed E-state index contributed by atoms with van der Waals surface area (Å²) < 4.78 is 0. The fraction of sp³-hybridized carbons (Fsp3) is 0.500. The zero-order valence-electron chi connectivity index (χ0n) is 12.0. The summed E-state index contributed by atoms with van der Waals surface area (Å²) >= 11 is 0. The molecule has 0 N–H and O–H groups in total. The van der Waals surface area contributed by atoms with E-state index in [1.165, 1.54) is 37.7 Å². The van der Waals surface area contributed by atoms with E-state index < -0.39 is 0 Å². The summed E-state index contributed by atoms with van der Waals surface area (Å²) in [5.41, 5.74) is 1.33. The summed E-state index contributed by atoms with van der Waals surface area (Å²) in [4.78, 5) is 14.2. The Kier molecular flexibility index (Phi) is 4.19. The number of nitrogens with zero attached hydrogens (tertiary/aromatic N) is 1. The average molecular weight is 269 g/mol. The highest BCUT2D eigenvalue weighted by Gasteiger charge is 2.30. The Hall–Kier alpha value is -1.57. The lowest BCUT2D eigenvalue weighted by Gasteiger charge is -2.40. The molecule has 0 radical (unpaired) electrons. The molecule has 0 saturated heterocycles. The Morgan fingerprint density at radius 2 is 1.80 bits per heavy atom. The van der Waals surface area contributed by atoms with Gasteiger partial charge in [0.2, 0.25) is 0 Å². The second-order valence-corrected chi connectivity index (χ2v) is 6.11. The predicted molar refractivity (Wildman–Crippen MR) is 81.1 cm³/mol. The maximum Gasteiger partial charge on any atom is 0.159 e. The van der Waals surface area contributed by atoms with E-state index in [-0.39, 0.29) is 0 Å². The summed E-state index contributed by atoms with van der Waals surface area (Å²) in [6.45, 7) is 0.922. The van der Waals surface area contributed by atoms with Crippen molar-refractivity contribution in [1.82, 2.24) is 4.90 Å². The summed E-state index contributed by atoms with van der Waals surface area (Å²) in [5, 5.41) is 0. The molecular weight excluding hydrogens is 246 g/mol. The van der Waals surface area contributed by atoms with Crippen LogP contribution in [0.5, 0.6) is 0 Å². The van der Waals surface area contributed by atoms with Gasteiger partial charge in [-0.3, -0.25) is 4.79 Å². The molecule has 1 heterocycles. The van der Waals surface area contributed by atoms with Crippen molar-refractivity contribution < 1.29 is 4.79 Å². The van der Waals surface area contributed by atoms with E-state index in [2.05, 4.69) is 35.2 Å². The lowest BCUT2D eigenvalue weighted by molar-refractivity contribution is -0.117. The van der Waals surface area contributed by atoms with E-state index in [0.717, 1.165) is 6.54 Å². The Balaban J connectivity index is 1.75. The van der Waals surface area contributed by atoms with Crippen LogP contribution in [0.4, 0.5) is 0 Å². The van der Waals surface area contributed by atoms with Crippen LogP contribution in [0.15, 0.2) is 42.6 Å². The number of hydrogen-bond acceptors (Lipinski definition) is 2. The maximum absolute atomic E-state index is 11.8. The van der Waals surface area contributed by atoms with Gasteiger partial charge in [0.15, 0.2) is 5.78 Å². The molecule has 0 aromatic heterocycles. The number of carbonyl (C=O) groups excluding carboxylic acids is 1. The standard InChI is InChI=1S/C18H23NO/c20-17-11-12-19(14-15-7-3-1-4-8-15)18(13-17)16-9-5-2-6-10-16/h1,3-4,7-8,11-12,16,18H,2,5-6,9-10,13-14H2/t18-/m1/s1. The zero-order valence-corrected chi connectivity index (χ0v) is 12.0. The molecule has 2 aliphatic rings. The molecule has 1 aromatic rings. The molecule has 1 saturated carbocycles. The molecule has 1 aromatic carbocycles. The van der Waals surface area contributed by atoms with Gasteiger partial charge in [-0.15, -0.1) is 0 Å². The van der Waals surface area contributed by atoms with E-state index in [1.54, 1.807) is 6.08 Å². The molecule has 1 fully saturated rings. The first-order valence-corrected chi connectivity index (χ1v) is 7.83. The molecule has 106 valence electrons. The third-order valence-electron chi connectivity index (χ3n) is 4.69. The van der Waals surface area contributed by atoms with Crippen molar-refractivity contribution >= 4 is 5.78 Å². The SMILES string of the molecule is O=C1C=CN(Cc2ccccc2)[C@@H](C2CCCCC2)C1. The molecule has 3 rings (SSSR count). The molecule has 20 heavy (non-hydrogen) atoms. The van der Waals surface area contributed by atoms with Crippen LogP contribution in [0, 0.1) is 5.92 Å². The van der Waals surface area contributed by atoms with Crippen molar-refractivity contribution in [3.63, 3.8) is 0 Å². The van der Waals surface area contributed by atoms with Gasteiger partial charge in [0.1, 0.15) is 0 Å². The van der Waals surface area contributed by atoms with Crippen LogP contribution < -0.4 is 0 Å². The van der Waals surface area contributed by atoms with Gasteiger partial charge in [0.05, 0.1) is 0 Å². The Morgan fingerprint density at radius 3 is 2.55 bits per heavy atom. The Bertz CT molecular complexity index is 473. The number of benzene rings is 1. The minimum Gasteiger partial charge on any atom is -0.369 e. The van der Waals surface area contributed by atoms with Crippen molar-refractivity contribution in [2.45, 2.75) is 51.1 Å². The molecule has 1 aliphatic heterocycles. The highest BCUT2D eigenvalue weighted by Crippen LogP contribution is 2.33. The fourth-order valence-electron chi connectivity index (χ4n) is 3.60. The van der Waals surface area contributed by atoms with E-state index in [1.807, 2.05) is 6.20 Å². The average Bonchev–Trinajstić information content (AvgIpc) is 2.51. The third-order valence-corrected chi connectivity index (χ3v) is 4.69. The summed E-state index contributed by atoms with van der Waals surface area (Å²) in [6.07, 6.45) is 11.1. The molecule has 0 spiro atoms. The van der Waals surface area contributed by atoms with Crippen LogP contribution in [0.25, 0.3) is 0 Å². The Morgan fingerprint density at radius 1 is 1.05 bits per heavy atom.